The fraction of sp³-hybridized carbons (Fsp3) is 0.263. The van der Waals surface area contributed by atoms with Crippen molar-refractivity contribution in [1.29, 1.82) is 0 Å². The molecule has 4 rings (SSSR count). The van der Waals surface area contributed by atoms with Crippen molar-refractivity contribution in [3.05, 3.63) is 63.1 Å². The van der Waals surface area contributed by atoms with Gasteiger partial charge in [-0.05, 0) is 37.1 Å². The number of para-hydroxylation sites is 1. The average Bonchev–Trinajstić information content (AvgIpc) is 3.37. The summed E-state index contributed by atoms with van der Waals surface area (Å²) < 4.78 is 1.07. The number of hydrogen-bond acceptors (Lipinski definition) is 6. The van der Waals surface area contributed by atoms with Crippen molar-refractivity contribution in [3.8, 4) is 0 Å². The van der Waals surface area contributed by atoms with E-state index in [4.69, 9.17) is 0 Å². The molecule has 1 amide bonds. The first kappa shape index (κ1) is 17.4. The molecule has 1 aliphatic carbocycles. The Morgan fingerprint density at radius 2 is 2.11 bits per heavy atom. The lowest BCUT2D eigenvalue weighted by molar-refractivity contribution is -0.384. The molecule has 0 radical (unpaired) electrons. The lowest BCUT2D eigenvalue weighted by atomic mass is 10.1. The number of benzene rings is 2. The van der Waals surface area contributed by atoms with Gasteiger partial charge in [-0.15, -0.1) is 11.3 Å². The average molecular weight is 382 g/mol. The van der Waals surface area contributed by atoms with Crippen molar-refractivity contribution in [1.82, 2.24) is 9.88 Å². The van der Waals surface area contributed by atoms with E-state index in [1.54, 1.807) is 19.2 Å². The highest BCUT2D eigenvalue weighted by Gasteiger charge is 2.26. The van der Waals surface area contributed by atoms with Gasteiger partial charge >= 0.3 is 0 Å². The zero-order valence-electron chi connectivity index (χ0n) is 14.7. The first-order valence-corrected chi connectivity index (χ1v) is 9.48. The largest absolute Gasteiger partial charge is 0.377 e. The van der Waals surface area contributed by atoms with Crippen LogP contribution >= 0.6 is 11.3 Å². The van der Waals surface area contributed by atoms with E-state index >= 15 is 0 Å². The summed E-state index contributed by atoms with van der Waals surface area (Å²) in [5, 5.41) is 15.4. The lowest BCUT2D eigenvalue weighted by Crippen LogP contribution is -2.26. The van der Waals surface area contributed by atoms with Gasteiger partial charge in [-0.2, -0.15) is 0 Å². The Hall–Kier alpha value is -3.00. The van der Waals surface area contributed by atoms with E-state index in [9.17, 15) is 14.9 Å². The number of nitro benzene ring substituents is 1. The summed E-state index contributed by atoms with van der Waals surface area (Å²) in [5.41, 5.74) is 1.60. The van der Waals surface area contributed by atoms with Gasteiger partial charge in [-0.25, -0.2) is 4.98 Å². The minimum Gasteiger partial charge on any atom is -0.377 e. The number of anilines is 1. The predicted molar refractivity (Wildman–Crippen MR) is 105 cm³/mol. The number of carbonyl (C=O) groups excluding carboxylic acids is 1. The smallest absolute Gasteiger partial charge is 0.293 e. The number of nitrogens with zero attached hydrogens (tertiary/aromatic N) is 3. The molecule has 0 unspecified atom stereocenters. The van der Waals surface area contributed by atoms with Gasteiger partial charge < -0.3 is 10.2 Å². The first-order valence-electron chi connectivity index (χ1n) is 8.66. The van der Waals surface area contributed by atoms with Crippen molar-refractivity contribution in [2.24, 2.45) is 0 Å². The molecule has 7 nitrogen and oxygen atoms in total. The highest BCUT2D eigenvalue weighted by Crippen LogP contribution is 2.32. The molecule has 0 spiro atoms. The number of carbonyl (C=O) groups is 1. The molecule has 1 N–H and O–H groups in total. The number of rotatable bonds is 6. The van der Waals surface area contributed by atoms with E-state index in [-0.39, 0.29) is 11.6 Å². The normalized spacial score (nSPS) is 13.5. The predicted octanol–water partition coefficient (Wildman–Crippen LogP) is 4.05. The fourth-order valence-electron chi connectivity index (χ4n) is 2.87. The van der Waals surface area contributed by atoms with Crippen LogP contribution in [0.1, 0.15) is 28.2 Å². The standard InChI is InChI=1S/C19H18N4O3S/c1-22(11-18-21-15-4-2-3-5-17(15)27-18)19(24)12-6-9-14(20-13-7-8-13)16(10-12)23(25)26/h2-6,9-10,13,20H,7-8,11H2,1H3. The second kappa shape index (κ2) is 6.96. The van der Waals surface area contributed by atoms with Crippen LogP contribution in [-0.4, -0.2) is 33.8 Å². The Morgan fingerprint density at radius 1 is 1.33 bits per heavy atom. The van der Waals surface area contributed by atoms with E-state index in [1.807, 2.05) is 24.3 Å². The Bertz CT molecular complexity index is 996. The second-order valence-corrected chi connectivity index (χ2v) is 7.76. The molecule has 0 saturated heterocycles. The third-order valence-electron chi connectivity index (χ3n) is 4.44. The molecular weight excluding hydrogens is 364 g/mol. The van der Waals surface area contributed by atoms with Crippen LogP contribution in [0.5, 0.6) is 0 Å². The summed E-state index contributed by atoms with van der Waals surface area (Å²) in [6, 6.07) is 12.7. The van der Waals surface area contributed by atoms with E-state index in [0.717, 1.165) is 28.1 Å². The third kappa shape index (κ3) is 3.75. The van der Waals surface area contributed by atoms with Gasteiger partial charge in [-0.1, -0.05) is 12.1 Å². The minimum absolute atomic E-state index is 0.0684. The van der Waals surface area contributed by atoms with Gasteiger partial charge in [0, 0.05) is 24.7 Å². The van der Waals surface area contributed by atoms with Crippen molar-refractivity contribution < 1.29 is 9.72 Å². The third-order valence-corrected chi connectivity index (χ3v) is 5.46. The summed E-state index contributed by atoms with van der Waals surface area (Å²) in [4.78, 5) is 29.8. The summed E-state index contributed by atoms with van der Waals surface area (Å²) in [7, 11) is 1.68. The molecule has 8 heteroatoms. The van der Waals surface area contributed by atoms with E-state index in [0.29, 0.717) is 23.8 Å². The van der Waals surface area contributed by atoms with Crippen LogP contribution in [0.2, 0.25) is 0 Å². The molecule has 0 aliphatic heterocycles. The van der Waals surface area contributed by atoms with Crippen molar-refractivity contribution in [2.75, 3.05) is 12.4 Å². The van der Waals surface area contributed by atoms with Gasteiger partial charge in [0.15, 0.2) is 0 Å². The summed E-state index contributed by atoms with van der Waals surface area (Å²) in [6.45, 7) is 0.355. The molecule has 1 aliphatic rings. The van der Waals surface area contributed by atoms with Crippen molar-refractivity contribution in [2.45, 2.75) is 25.4 Å². The maximum atomic E-state index is 12.7. The number of fused-ring (bicyclic) bond motifs is 1. The molecule has 27 heavy (non-hydrogen) atoms. The van der Waals surface area contributed by atoms with Crippen molar-refractivity contribution >= 4 is 38.8 Å². The number of nitrogens with one attached hydrogen (secondary N) is 1. The molecule has 1 aromatic heterocycles. The Labute approximate surface area is 159 Å². The van der Waals surface area contributed by atoms with Crippen LogP contribution in [0.3, 0.4) is 0 Å². The molecule has 1 fully saturated rings. The zero-order chi connectivity index (χ0) is 19.0. The molecule has 138 valence electrons. The molecule has 3 aromatic rings. The molecule has 0 bridgehead atoms. The van der Waals surface area contributed by atoms with Crippen LogP contribution in [0.15, 0.2) is 42.5 Å². The van der Waals surface area contributed by atoms with Crippen LogP contribution < -0.4 is 5.32 Å². The first-order chi connectivity index (χ1) is 13.0. The number of thiazole rings is 1. The minimum atomic E-state index is -0.449. The van der Waals surface area contributed by atoms with Gasteiger partial charge in [0.2, 0.25) is 0 Å². The Kier molecular flexibility index (Phi) is 4.49. The van der Waals surface area contributed by atoms with Crippen LogP contribution in [0.4, 0.5) is 11.4 Å². The number of hydrogen-bond donors (Lipinski definition) is 1. The molecule has 0 atom stereocenters. The highest BCUT2D eigenvalue weighted by molar-refractivity contribution is 7.18. The number of nitro groups is 1. The Morgan fingerprint density at radius 3 is 2.81 bits per heavy atom. The van der Waals surface area contributed by atoms with Gasteiger partial charge in [-0.3, -0.25) is 14.9 Å². The summed E-state index contributed by atoms with van der Waals surface area (Å²) in [5.74, 6) is -0.268. The van der Waals surface area contributed by atoms with Crippen LogP contribution in [0.25, 0.3) is 10.2 Å². The van der Waals surface area contributed by atoms with Gasteiger partial charge in [0.05, 0.1) is 21.7 Å². The quantitative estimate of drug-likeness (QED) is 0.513. The second-order valence-electron chi connectivity index (χ2n) is 6.64. The Balaban J connectivity index is 1.53. The van der Waals surface area contributed by atoms with Gasteiger partial charge in [0.1, 0.15) is 10.7 Å². The monoisotopic (exact) mass is 382 g/mol. The van der Waals surface area contributed by atoms with Crippen LogP contribution in [-0.2, 0) is 6.54 Å². The number of amides is 1. The fourth-order valence-corrected chi connectivity index (χ4v) is 3.89. The van der Waals surface area contributed by atoms with Crippen LogP contribution in [0, 0.1) is 10.1 Å². The molecule has 1 saturated carbocycles. The van der Waals surface area contributed by atoms with E-state index < -0.39 is 4.92 Å². The summed E-state index contributed by atoms with van der Waals surface area (Å²) >= 11 is 1.54. The molecule has 2 aromatic carbocycles. The number of aromatic nitrogens is 1. The van der Waals surface area contributed by atoms with E-state index in [1.165, 1.54) is 22.3 Å². The SMILES string of the molecule is CN(Cc1nc2ccccc2s1)C(=O)c1ccc(NC2CC2)c([N+](=O)[O-])c1. The van der Waals surface area contributed by atoms with Gasteiger partial charge in [0.25, 0.3) is 11.6 Å². The molecular formula is C19H18N4O3S. The maximum absolute atomic E-state index is 12.7. The lowest BCUT2D eigenvalue weighted by Gasteiger charge is -2.16. The topological polar surface area (TPSA) is 88.4 Å². The zero-order valence-corrected chi connectivity index (χ0v) is 15.5. The molecule has 1 heterocycles. The summed E-state index contributed by atoms with van der Waals surface area (Å²) in [6.07, 6.45) is 2.03. The maximum Gasteiger partial charge on any atom is 0.293 e. The van der Waals surface area contributed by atoms with Crippen molar-refractivity contribution in [3.63, 3.8) is 0 Å². The van der Waals surface area contributed by atoms with E-state index in [2.05, 4.69) is 10.3 Å². The highest BCUT2D eigenvalue weighted by atomic mass is 32.1.